The van der Waals surface area contributed by atoms with Crippen LogP contribution in [0.4, 0.5) is 0 Å². The summed E-state index contributed by atoms with van der Waals surface area (Å²) in [5, 5.41) is 2.94. The maximum Gasteiger partial charge on any atom is 0.233 e. The third-order valence-electron chi connectivity index (χ3n) is 5.35. The number of fused-ring (bicyclic) bond motifs is 2. The lowest BCUT2D eigenvalue weighted by Gasteiger charge is -2.26. The standard InChI is InChI=1S/C23H21N3O2S2/c1-28-18-8-6-17(7-9-18)26-20-5-3-2-4-19(20)24-23(26)30-15-22(27)25-12-10-21-16(14-25)11-13-29-21/h2-9,11,13H,10,12,14-15H2,1H3. The molecule has 30 heavy (non-hydrogen) atoms. The second-order valence-corrected chi connectivity index (χ2v) is 9.08. The van der Waals surface area contributed by atoms with Crippen LogP contribution in [0.15, 0.2) is 65.1 Å². The zero-order valence-electron chi connectivity index (χ0n) is 16.6. The number of carbonyl (C=O) groups excluding carboxylic acids is 1. The highest BCUT2D eigenvalue weighted by Gasteiger charge is 2.22. The van der Waals surface area contributed by atoms with E-state index >= 15 is 0 Å². The molecule has 152 valence electrons. The zero-order valence-corrected chi connectivity index (χ0v) is 18.2. The molecule has 5 nitrogen and oxygen atoms in total. The second kappa shape index (κ2) is 8.16. The minimum atomic E-state index is 0.158. The summed E-state index contributed by atoms with van der Waals surface area (Å²) >= 11 is 3.28. The number of ether oxygens (including phenoxy) is 1. The molecule has 1 aliphatic rings. The quantitative estimate of drug-likeness (QED) is 0.424. The Morgan fingerprint density at radius 2 is 2.00 bits per heavy atom. The Kier molecular flexibility index (Phi) is 5.23. The molecule has 4 aromatic rings. The minimum Gasteiger partial charge on any atom is -0.497 e. The normalized spacial score (nSPS) is 13.4. The number of carbonyl (C=O) groups is 1. The highest BCUT2D eigenvalue weighted by molar-refractivity contribution is 7.99. The van der Waals surface area contributed by atoms with Crippen LogP contribution in [0.1, 0.15) is 10.4 Å². The van der Waals surface area contributed by atoms with Gasteiger partial charge in [-0.3, -0.25) is 9.36 Å². The molecule has 0 fully saturated rings. The number of hydrogen-bond acceptors (Lipinski definition) is 5. The van der Waals surface area contributed by atoms with Crippen molar-refractivity contribution in [2.45, 2.75) is 18.1 Å². The first-order chi connectivity index (χ1) is 14.7. The van der Waals surface area contributed by atoms with Crippen LogP contribution in [0.5, 0.6) is 5.75 Å². The molecule has 3 heterocycles. The van der Waals surface area contributed by atoms with Gasteiger partial charge in [-0.1, -0.05) is 23.9 Å². The summed E-state index contributed by atoms with van der Waals surface area (Å²) in [7, 11) is 1.66. The highest BCUT2D eigenvalue weighted by Crippen LogP contribution is 2.30. The summed E-state index contributed by atoms with van der Waals surface area (Å²) in [5.74, 6) is 1.34. The highest BCUT2D eigenvalue weighted by atomic mass is 32.2. The van der Waals surface area contributed by atoms with Gasteiger partial charge in [0.1, 0.15) is 5.75 Å². The van der Waals surface area contributed by atoms with Crippen molar-refractivity contribution in [2.24, 2.45) is 0 Å². The molecular weight excluding hydrogens is 414 g/mol. The van der Waals surface area contributed by atoms with E-state index in [0.717, 1.165) is 40.6 Å². The second-order valence-electron chi connectivity index (χ2n) is 7.14. The Morgan fingerprint density at radius 3 is 2.83 bits per heavy atom. The van der Waals surface area contributed by atoms with Crippen LogP contribution in [-0.4, -0.2) is 39.8 Å². The molecule has 2 aromatic heterocycles. The van der Waals surface area contributed by atoms with Crippen LogP contribution < -0.4 is 4.74 Å². The molecule has 0 N–H and O–H groups in total. The van der Waals surface area contributed by atoms with Crippen LogP contribution in [0.25, 0.3) is 16.7 Å². The molecule has 7 heteroatoms. The average Bonchev–Trinajstić information content (AvgIpc) is 3.41. The molecule has 1 amide bonds. The number of methoxy groups -OCH3 is 1. The van der Waals surface area contributed by atoms with Crippen LogP contribution in [0.2, 0.25) is 0 Å². The monoisotopic (exact) mass is 435 g/mol. The van der Waals surface area contributed by atoms with Crippen molar-refractivity contribution in [1.82, 2.24) is 14.5 Å². The van der Waals surface area contributed by atoms with Crippen molar-refractivity contribution >= 4 is 40.0 Å². The Hall–Kier alpha value is -2.77. The summed E-state index contributed by atoms with van der Waals surface area (Å²) in [4.78, 5) is 21.1. The lowest BCUT2D eigenvalue weighted by Crippen LogP contribution is -2.36. The lowest BCUT2D eigenvalue weighted by molar-refractivity contribution is -0.129. The van der Waals surface area contributed by atoms with Gasteiger partial charge in [-0.2, -0.15) is 0 Å². The number of para-hydroxylation sites is 2. The van der Waals surface area contributed by atoms with Crippen LogP contribution >= 0.6 is 23.1 Å². The molecule has 0 unspecified atom stereocenters. The van der Waals surface area contributed by atoms with E-state index < -0.39 is 0 Å². The lowest BCUT2D eigenvalue weighted by atomic mass is 10.1. The predicted octanol–water partition coefficient (Wildman–Crippen LogP) is 4.77. The molecule has 1 aliphatic heterocycles. The first-order valence-corrected chi connectivity index (χ1v) is 11.7. The van der Waals surface area contributed by atoms with Gasteiger partial charge in [-0.25, -0.2) is 4.98 Å². The maximum absolute atomic E-state index is 12.9. The van der Waals surface area contributed by atoms with E-state index in [-0.39, 0.29) is 5.91 Å². The van der Waals surface area contributed by atoms with Gasteiger partial charge in [-0.05, 0) is 59.8 Å². The van der Waals surface area contributed by atoms with Crippen LogP contribution in [-0.2, 0) is 17.8 Å². The van der Waals surface area contributed by atoms with E-state index in [9.17, 15) is 4.79 Å². The Balaban J connectivity index is 1.39. The van der Waals surface area contributed by atoms with E-state index in [1.54, 1.807) is 18.4 Å². The van der Waals surface area contributed by atoms with Crippen molar-refractivity contribution in [3.8, 4) is 11.4 Å². The molecule has 0 spiro atoms. The Labute approximate surface area is 183 Å². The largest absolute Gasteiger partial charge is 0.497 e. The fourth-order valence-electron chi connectivity index (χ4n) is 3.76. The van der Waals surface area contributed by atoms with Crippen molar-refractivity contribution in [3.05, 3.63) is 70.4 Å². The molecule has 5 rings (SSSR count). The van der Waals surface area contributed by atoms with Gasteiger partial charge in [0.05, 0.1) is 23.9 Å². The number of benzene rings is 2. The Bertz CT molecular complexity index is 1200. The van der Waals surface area contributed by atoms with Gasteiger partial charge in [0.2, 0.25) is 5.91 Å². The van der Waals surface area contributed by atoms with Crippen LogP contribution in [0, 0.1) is 0 Å². The van der Waals surface area contributed by atoms with Crippen molar-refractivity contribution in [1.29, 1.82) is 0 Å². The smallest absolute Gasteiger partial charge is 0.233 e. The van der Waals surface area contributed by atoms with Crippen LogP contribution in [0.3, 0.4) is 0 Å². The van der Waals surface area contributed by atoms with E-state index in [1.165, 1.54) is 22.2 Å². The molecule has 0 aliphatic carbocycles. The van der Waals surface area contributed by atoms with Crippen molar-refractivity contribution in [3.63, 3.8) is 0 Å². The first kappa shape index (κ1) is 19.2. The van der Waals surface area contributed by atoms with Crippen molar-refractivity contribution < 1.29 is 9.53 Å². The number of thioether (sulfide) groups is 1. The van der Waals surface area contributed by atoms with Gasteiger partial charge < -0.3 is 9.64 Å². The van der Waals surface area contributed by atoms with Gasteiger partial charge >= 0.3 is 0 Å². The van der Waals surface area contributed by atoms with E-state index in [1.807, 2.05) is 47.4 Å². The van der Waals surface area contributed by atoms with Crippen molar-refractivity contribution in [2.75, 3.05) is 19.4 Å². The molecular formula is C23H21N3O2S2. The zero-order chi connectivity index (χ0) is 20.5. The molecule has 0 radical (unpaired) electrons. The summed E-state index contributed by atoms with van der Waals surface area (Å²) in [6.07, 6.45) is 0.952. The molecule has 0 bridgehead atoms. The SMILES string of the molecule is COc1ccc(-n2c(SCC(=O)N3CCc4sccc4C3)nc3ccccc32)cc1. The number of thiophene rings is 1. The summed E-state index contributed by atoms with van der Waals surface area (Å²) in [6.45, 7) is 1.51. The molecule has 0 atom stereocenters. The van der Waals surface area contributed by atoms with Gasteiger partial charge in [0.15, 0.2) is 5.16 Å². The number of rotatable bonds is 5. The van der Waals surface area contributed by atoms with Gasteiger partial charge in [-0.15, -0.1) is 11.3 Å². The number of aromatic nitrogens is 2. The van der Waals surface area contributed by atoms with E-state index in [4.69, 9.17) is 9.72 Å². The fraction of sp³-hybridized carbons (Fsp3) is 0.217. The summed E-state index contributed by atoms with van der Waals surface area (Å²) < 4.78 is 7.40. The topological polar surface area (TPSA) is 47.4 Å². The third-order valence-corrected chi connectivity index (χ3v) is 7.29. The number of amides is 1. The summed E-state index contributed by atoms with van der Waals surface area (Å²) in [5.41, 5.74) is 4.23. The predicted molar refractivity (Wildman–Crippen MR) is 122 cm³/mol. The van der Waals surface area contributed by atoms with E-state index in [2.05, 4.69) is 22.1 Å². The number of hydrogen-bond donors (Lipinski definition) is 0. The number of imidazole rings is 1. The molecule has 2 aromatic carbocycles. The van der Waals surface area contributed by atoms with Gasteiger partial charge in [0, 0.05) is 23.7 Å². The number of nitrogens with zero attached hydrogens (tertiary/aromatic N) is 3. The Morgan fingerprint density at radius 1 is 1.17 bits per heavy atom. The summed E-state index contributed by atoms with van der Waals surface area (Å²) in [6, 6.07) is 18.1. The maximum atomic E-state index is 12.9. The molecule has 0 saturated heterocycles. The average molecular weight is 436 g/mol. The third kappa shape index (κ3) is 3.59. The fourth-order valence-corrected chi connectivity index (χ4v) is 5.58. The van der Waals surface area contributed by atoms with Gasteiger partial charge in [0.25, 0.3) is 0 Å². The minimum absolute atomic E-state index is 0.158. The molecule has 0 saturated carbocycles. The van der Waals surface area contributed by atoms with E-state index in [0.29, 0.717) is 12.3 Å². The first-order valence-electron chi connectivity index (χ1n) is 9.80.